The number of nitrogens with zero attached hydrogens (tertiary/aromatic N) is 1. The predicted molar refractivity (Wildman–Crippen MR) is 84.3 cm³/mol. The molecule has 0 aliphatic carbocycles. The number of piperidine rings is 1. The average Bonchev–Trinajstić information content (AvgIpc) is 2.37. The first-order valence-electron chi connectivity index (χ1n) is 7.02. The van der Waals surface area contributed by atoms with E-state index in [9.17, 15) is 13.2 Å². The Morgan fingerprint density at radius 1 is 1.43 bits per heavy atom. The average molecular weight is 330 g/mol. The molecule has 1 atom stereocenters. The molecule has 1 unspecified atom stereocenters. The van der Waals surface area contributed by atoms with Gasteiger partial charge in [0.25, 0.3) is 0 Å². The normalized spacial score (nSPS) is 20.4. The van der Waals surface area contributed by atoms with Crippen LogP contribution in [-0.2, 0) is 10.0 Å². The molecule has 0 radical (unpaired) electrons. The van der Waals surface area contributed by atoms with Crippen molar-refractivity contribution in [1.82, 2.24) is 4.31 Å². The minimum atomic E-state index is -3.17. The molecule has 1 saturated heterocycles. The van der Waals surface area contributed by atoms with Crippen molar-refractivity contribution >= 4 is 27.4 Å². The number of hydrogen-bond acceptors (Lipinski definition) is 3. The number of rotatable bonds is 4. The Labute approximate surface area is 131 Å². The molecule has 1 aromatic carbocycles. The van der Waals surface area contributed by atoms with Crippen molar-refractivity contribution in [3.63, 3.8) is 0 Å². The quantitative estimate of drug-likeness (QED) is 0.798. The zero-order chi connectivity index (χ0) is 15.6. The third kappa shape index (κ3) is 4.28. The first-order valence-corrected chi connectivity index (χ1v) is 9.24. The molecular formula is C15H20ClNO3S. The highest BCUT2D eigenvalue weighted by atomic mass is 35.5. The minimum absolute atomic E-state index is 0.0597. The van der Waals surface area contributed by atoms with Gasteiger partial charge in [0.15, 0.2) is 5.78 Å². The smallest absolute Gasteiger partial charge is 0.211 e. The van der Waals surface area contributed by atoms with E-state index in [0.29, 0.717) is 30.1 Å². The van der Waals surface area contributed by atoms with Crippen LogP contribution < -0.4 is 0 Å². The molecule has 0 N–H and O–H groups in total. The Bertz CT molecular complexity index is 642. The van der Waals surface area contributed by atoms with Gasteiger partial charge in [-0.3, -0.25) is 4.79 Å². The van der Waals surface area contributed by atoms with Crippen LogP contribution in [0.5, 0.6) is 0 Å². The Morgan fingerprint density at radius 2 is 2.14 bits per heavy atom. The van der Waals surface area contributed by atoms with Crippen LogP contribution in [0.15, 0.2) is 18.2 Å². The van der Waals surface area contributed by atoms with Crippen molar-refractivity contribution in [2.24, 2.45) is 5.92 Å². The molecule has 0 aromatic heterocycles. The van der Waals surface area contributed by atoms with Gasteiger partial charge in [-0.1, -0.05) is 11.6 Å². The summed E-state index contributed by atoms with van der Waals surface area (Å²) < 4.78 is 24.7. The van der Waals surface area contributed by atoms with Crippen molar-refractivity contribution in [3.05, 3.63) is 34.3 Å². The molecule has 1 aliphatic heterocycles. The molecular weight excluding hydrogens is 310 g/mol. The Kier molecular flexibility index (Phi) is 5.07. The van der Waals surface area contributed by atoms with E-state index in [2.05, 4.69) is 0 Å². The molecule has 6 heteroatoms. The zero-order valence-corrected chi connectivity index (χ0v) is 13.9. The fourth-order valence-electron chi connectivity index (χ4n) is 2.81. The molecule has 4 nitrogen and oxygen atoms in total. The van der Waals surface area contributed by atoms with Gasteiger partial charge in [-0.25, -0.2) is 12.7 Å². The molecule has 2 rings (SSSR count). The lowest BCUT2D eigenvalue weighted by Gasteiger charge is -2.30. The lowest BCUT2D eigenvalue weighted by atomic mass is 9.91. The van der Waals surface area contributed by atoms with E-state index < -0.39 is 10.0 Å². The summed E-state index contributed by atoms with van der Waals surface area (Å²) >= 11 is 5.90. The van der Waals surface area contributed by atoms with Crippen molar-refractivity contribution in [1.29, 1.82) is 0 Å². The second kappa shape index (κ2) is 6.46. The first-order chi connectivity index (χ1) is 9.77. The summed E-state index contributed by atoms with van der Waals surface area (Å²) in [5, 5.41) is 0.616. The highest BCUT2D eigenvalue weighted by Gasteiger charge is 2.27. The van der Waals surface area contributed by atoms with E-state index in [1.54, 1.807) is 18.2 Å². The highest BCUT2D eigenvalue weighted by molar-refractivity contribution is 7.88. The number of benzene rings is 1. The lowest BCUT2D eigenvalue weighted by Crippen LogP contribution is -2.39. The molecule has 0 spiro atoms. The lowest BCUT2D eigenvalue weighted by molar-refractivity contribution is 0.0942. The third-order valence-electron chi connectivity index (χ3n) is 3.91. The second-order valence-corrected chi connectivity index (χ2v) is 8.13. The number of carbonyl (C=O) groups excluding carboxylic acids is 1. The van der Waals surface area contributed by atoms with Crippen LogP contribution in [0.4, 0.5) is 0 Å². The Morgan fingerprint density at radius 3 is 2.76 bits per heavy atom. The van der Waals surface area contributed by atoms with Gasteiger partial charge in [0.1, 0.15) is 0 Å². The fraction of sp³-hybridized carbons (Fsp3) is 0.533. The van der Waals surface area contributed by atoms with Crippen molar-refractivity contribution in [2.75, 3.05) is 19.3 Å². The third-order valence-corrected chi connectivity index (χ3v) is 5.42. The van der Waals surface area contributed by atoms with E-state index in [-0.39, 0.29) is 11.7 Å². The summed E-state index contributed by atoms with van der Waals surface area (Å²) in [5.74, 6) is 0.153. The number of halogens is 1. The fourth-order valence-corrected chi connectivity index (χ4v) is 3.98. The summed E-state index contributed by atoms with van der Waals surface area (Å²) in [4.78, 5) is 12.4. The molecule has 21 heavy (non-hydrogen) atoms. The van der Waals surface area contributed by atoms with E-state index in [1.165, 1.54) is 10.6 Å². The maximum atomic E-state index is 12.4. The number of ketones is 1. The van der Waals surface area contributed by atoms with Crippen molar-refractivity contribution in [3.8, 4) is 0 Å². The number of Topliss-reactive ketones (excluding diaryl/α,β-unsaturated/α-hetero) is 1. The van der Waals surface area contributed by atoms with Gasteiger partial charge in [0.05, 0.1) is 6.26 Å². The largest absolute Gasteiger partial charge is 0.294 e. The SMILES string of the molecule is Cc1cc(Cl)ccc1C(=O)CC1CCCN(S(C)(=O)=O)C1. The second-order valence-electron chi connectivity index (χ2n) is 5.72. The molecule has 116 valence electrons. The van der Waals surface area contributed by atoms with Gasteiger partial charge in [0.2, 0.25) is 10.0 Å². The standard InChI is InChI=1S/C15H20ClNO3S/c1-11-8-13(16)5-6-14(11)15(18)9-12-4-3-7-17(10-12)21(2,19)20/h5-6,8,12H,3-4,7,9-10H2,1-2H3. The molecule has 0 saturated carbocycles. The molecule has 1 aliphatic rings. The summed E-state index contributed by atoms with van der Waals surface area (Å²) in [6, 6.07) is 5.24. The summed E-state index contributed by atoms with van der Waals surface area (Å²) in [5.41, 5.74) is 1.54. The van der Waals surface area contributed by atoms with Gasteiger partial charge in [0, 0.05) is 30.1 Å². The van der Waals surface area contributed by atoms with Gasteiger partial charge in [-0.05, 0) is 49.4 Å². The zero-order valence-electron chi connectivity index (χ0n) is 12.3. The van der Waals surface area contributed by atoms with Gasteiger partial charge in [-0.15, -0.1) is 0 Å². The predicted octanol–water partition coefficient (Wildman–Crippen LogP) is 2.89. The summed E-state index contributed by atoms with van der Waals surface area (Å²) in [6.07, 6.45) is 3.31. The molecule has 1 heterocycles. The molecule has 1 aromatic rings. The van der Waals surface area contributed by atoms with Crippen LogP contribution in [0.3, 0.4) is 0 Å². The van der Waals surface area contributed by atoms with Gasteiger partial charge in [-0.2, -0.15) is 0 Å². The van der Waals surface area contributed by atoms with Crippen LogP contribution in [0.25, 0.3) is 0 Å². The topological polar surface area (TPSA) is 54.5 Å². The van der Waals surface area contributed by atoms with Crippen molar-refractivity contribution in [2.45, 2.75) is 26.2 Å². The summed E-state index contributed by atoms with van der Waals surface area (Å²) in [7, 11) is -3.17. The molecule has 1 fully saturated rings. The molecule has 0 bridgehead atoms. The number of hydrogen-bond donors (Lipinski definition) is 0. The Hall–Kier alpha value is -0.910. The number of carbonyl (C=O) groups is 1. The highest BCUT2D eigenvalue weighted by Crippen LogP contribution is 2.24. The van der Waals surface area contributed by atoms with Crippen LogP contribution >= 0.6 is 11.6 Å². The minimum Gasteiger partial charge on any atom is -0.294 e. The van der Waals surface area contributed by atoms with Crippen LogP contribution in [0.1, 0.15) is 35.2 Å². The van der Waals surface area contributed by atoms with Gasteiger partial charge < -0.3 is 0 Å². The maximum Gasteiger partial charge on any atom is 0.211 e. The van der Waals surface area contributed by atoms with E-state index in [0.717, 1.165) is 18.4 Å². The summed E-state index contributed by atoms with van der Waals surface area (Å²) in [6.45, 7) is 2.86. The van der Waals surface area contributed by atoms with Crippen LogP contribution in [-0.4, -0.2) is 37.9 Å². The molecule has 0 amide bonds. The number of aryl methyl sites for hydroxylation is 1. The van der Waals surface area contributed by atoms with E-state index in [4.69, 9.17) is 11.6 Å². The van der Waals surface area contributed by atoms with Gasteiger partial charge >= 0.3 is 0 Å². The van der Waals surface area contributed by atoms with E-state index in [1.807, 2.05) is 6.92 Å². The first kappa shape index (κ1) is 16.5. The number of sulfonamides is 1. The Balaban J connectivity index is 2.05. The maximum absolute atomic E-state index is 12.4. The van der Waals surface area contributed by atoms with Crippen LogP contribution in [0.2, 0.25) is 5.02 Å². The van der Waals surface area contributed by atoms with Crippen molar-refractivity contribution < 1.29 is 13.2 Å². The van der Waals surface area contributed by atoms with E-state index >= 15 is 0 Å². The monoisotopic (exact) mass is 329 g/mol. The van der Waals surface area contributed by atoms with Crippen LogP contribution in [0, 0.1) is 12.8 Å².